The molecule has 3 rings (SSSR count). The van der Waals surface area contributed by atoms with Crippen LogP contribution in [-0.2, 0) is 25.8 Å². The Hall–Kier alpha value is -2.67. The van der Waals surface area contributed by atoms with Crippen molar-refractivity contribution in [1.82, 2.24) is 0 Å². The zero-order valence-corrected chi connectivity index (χ0v) is 18.0. The van der Waals surface area contributed by atoms with Crippen LogP contribution in [0.15, 0.2) is 41.3 Å². The first-order valence-electron chi connectivity index (χ1n) is 9.62. The van der Waals surface area contributed by atoms with Gasteiger partial charge in [0.1, 0.15) is 0 Å². The standard InChI is InChI=1S/C22H26N2O4S/c1-14-6-5-7-20(16(14)3)23-22(26)12-15(2)29(27,28)19-8-9-21-18(13-19)10-11-24(21)17(4)25/h5-9,13,15H,10-12H2,1-4H3,(H,23,26). The molecule has 6 nitrogen and oxygen atoms in total. The summed E-state index contributed by atoms with van der Waals surface area (Å²) in [5, 5.41) is 1.95. The van der Waals surface area contributed by atoms with Crippen molar-refractivity contribution in [3.05, 3.63) is 53.1 Å². The van der Waals surface area contributed by atoms with Gasteiger partial charge < -0.3 is 10.2 Å². The largest absolute Gasteiger partial charge is 0.326 e. The van der Waals surface area contributed by atoms with E-state index in [1.165, 1.54) is 13.0 Å². The molecule has 1 N–H and O–H groups in total. The first-order chi connectivity index (χ1) is 13.6. The molecule has 0 radical (unpaired) electrons. The van der Waals surface area contributed by atoms with E-state index in [1.807, 2.05) is 26.0 Å². The summed E-state index contributed by atoms with van der Waals surface area (Å²) in [5.74, 6) is -0.394. The molecule has 0 saturated carbocycles. The van der Waals surface area contributed by atoms with E-state index in [1.54, 1.807) is 30.0 Å². The normalized spacial score (nSPS) is 14.4. The van der Waals surface area contributed by atoms with Crippen molar-refractivity contribution >= 4 is 33.0 Å². The number of benzene rings is 2. The van der Waals surface area contributed by atoms with Crippen LogP contribution in [0.2, 0.25) is 0 Å². The van der Waals surface area contributed by atoms with E-state index in [2.05, 4.69) is 5.32 Å². The molecule has 1 unspecified atom stereocenters. The van der Waals surface area contributed by atoms with Crippen LogP contribution in [0.1, 0.15) is 37.0 Å². The van der Waals surface area contributed by atoms with E-state index in [0.29, 0.717) is 18.7 Å². The van der Waals surface area contributed by atoms with E-state index in [4.69, 9.17) is 0 Å². The summed E-state index contributed by atoms with van der Waals surface area (Å²) in [6.45, 7) is 7.48. The van der Waals surface area contributed by atoms with E-state index in [-0.39, 0.29) is 23.1 Å². The summed E-state index contributed by atoms with van der Waals surface area (Å²) in [7, 11) is -3.67. The quantitative estimate of drug-likeness (QED) is 0.813. The Labute approximate surface area is 171 Å². The van der Waals surface area contributed by atoms with Crippen LogP contribution in [0.5, 0.6) is 0 Å². The van der Waals surface area contributed by atoms with Gasteiger partial charge in [-0.25, -0.2) is 8.42 Å². The minimum atomic E-state index is -3.67. The number of amides is 2. The molecule has 1 atom stereocenters. The summed E-state index contributed by atoms with van der Waals surface area (Å²) < 4.78 is 26.0. The predicted molar refractivity (Wildman–Crippen MR) is 114 cm³/mol. The smallest absolute Gasteiger partial charge is 0.225 e. The number of nitrogens with zero attached hydrogens (tertiary/aromatic N) is 1. The van der Waals surface area contributed by atoms with Crippen LogP contribution in [0.25, 0.3) is 0 Å². The summed E-state index contributed by atoms with van der Waals surface area (Å²) in [6.07, 6.45) is 0.492. The lowest BCUT2D eigenvalue weighted by Gasteiger charge is -2.17. The summed E-state index contributed by atoms with van der Waals surface area (Å²) >= 11 is 0. The first-order valence-corrected chi connectivity index (χ1v) is 11.2. The molecule has 0 fully saturated rings. The predicted octanol–water partition coefficient (Wildman–Crippen LogP) is 3.40. The molecular formula is C22H26N2O4S. The fourth-order valence-electron chi connectivity index (χ4n) is 3.57. The van der Waals surface area contributed by atoms with Crippen LogP contribution >= 0.6 is 0 Å². The van der Waals surface area contributed by atoms with Crippen molar-refractivity contribution in [2.75, 3.05) is 16.8 Å². The number of fused-ring (bicyclic) bond motifs is 1. The van der Waals surface area contributed by atoms with Crippen molar-refractivity contribution in [2.24, 2.45) is 0 Å². The van der Waals surface area contributed by atoms with Gasteiger partial charge in [0.05, 0.1) is 10.1 Å². The molecule has 29 heavy (non-hydrogen) atoms. The number of aryl methyl sites for hydroxylation is 1. The topological polar surface area (TPSA) is 83.6 Å². The number of carbonyl (C=O) groups is 2. The van der Waals surface area contributed by atoms with Crippen LogP contribution in [0.4, 0.5) is 11.4 Å². The monoisotopic (exact) mass is 414 g/mol. The second-order valence-corrected chi connectivity index (χ2v) is 9.93. The number of nitrogens with one attached hydrogen (secondary N) is 1. The van der Waals surface area contributed by atoms with Gasteiger partial charge in [-0.3, -0.25) is 9.59 Å². The molecule has 0 aromatic heterocycles. The molecule has 0 saturated heterocycles. The van der Waals surface area contributed by atoms with Crippen molar-refractivity contribution in [1.29, 1.82) is 0 Å². The molecule has 1 heterocycles. The minimum Gasteiger partial charge on any atom is -0.326 e. The highest BCUT2D eigenvalue weighted by molar-refractivity contribution is 7.92. The average molecular weight is 415 g/mol. The lowest BCUT2D eigenvalue weighted by atomic mass is 10.1. The van der Waals surface area contributed by atoms with Gasteiger partial charge in [-0.2, -0.15) is 0 Å². The Morgan fingerprint density at radius 1 is 1.17 bits per heavy atom. The molecule has 1 aliphatic rings. The number of hydrogen-bond acceptors (Lipinski definition) is 4. The van der Waals surface area contributed by atoms with Gasteiger partial charge in [0.2, 0.25) is 11.8 Å². The second-order valence-electron chi connectivity index (χ2n) is 7.57. The van der Waals surface area contributed by atoms with Crippen LogP contribution in [0.3, 0.4) is 0 Å². The van der Waals surface area contributed by atoms with Gasteiger partial charge in [0.15, 0.2) is 9.84 Å². The fourth-order valence-corrected chi connectivity index (χ4v) is 4.97. The van der Waals surface area contributed by atoms with Crippen LogP contribution in [-0.4, -0.2) is 32.0 Å². The molecule has 0 spiro atoms. The van der Waals surface area contributed by atoms with Gasteiger partial charge in [-0.05, 0) is 68.1 Å². The van der Waals surface area contributed by atoms with Crippen molar-refractivity contribution in [2.45, 2.75) is 50.7 Å². The highest BCUT2D eigenvalue weighted by atomic mass is 32.2. The van der Waals surface area contributed by atoms with Gasteiger partial charge in [0.25, 0.3) is 0 Å². The molecule has 2 aromatic carbocycles. The SMILES string of the molecule is CC(=O)N1CCc2cc(S(=O)(=O)C(C)CC(=O)Nc3cccc(C)c3C)ccc21. The molecule has 7 heteroatoms. The number of anilines is 2. The summed E-state index contributed by atoms with van der Waals surface area (Å²) in [4.78, 5) is 26.0. The Bertz CT molecular complexity index is 1080. The third-order valence-corrected chi connectivity index (χ3v) is 7.67. The maximum atomic E-state index is 13.0. The molecule has 0 bridgehead atoms. The first kappa shape index (κ1) is 21.0. The van der Waals surface area contributed by atoms with Gasteiger partial charge >= 0.3 is 0 Å². The maximum absolute atomic E-state index is 13.0. The molecule has 2 aromatic rings. The van der Waals surface area contributed by atoms with Crippen molar-refractivity contribution in [3.63, 3.8) is 0 Å². The molecule has 2 amide bonds. The molecule has 154 valence electrons. The molecule has 1 aliphatic heterocycles. The van der Waals surface area contributed by atoms with E-state index in [9.17, 15) is 18.0 Å². The minimum absolute atomic E-state index is 0.0594. The summed E-state index contributed by atoms with van der Waals surface area (Å²) in [5.41, 5.74) is 4.32. The fraction of sp³-hybridized carbons (Fsp3) is 0.364. The lowest BCUT2D eigenvalue weighted by Crippen LogP contribution is -2.26. The van der Waals surface area contributed by atoms with E-state index in [0.717, 1.165) is 22.4 Å². The van der Waals surface area contributed by atoms with E-state index >= 15 is 0 Å². The number of hydrogen-bond donors (Lipinski definition) is 1. The number of rotatable bonds is 5. The van der Waals surface area contributed by atoms with Gasteiger partial charge in [-0.1, -0.05) is 12.1 Å². The third-order valence-electron chi connectivity index (χ3n) is 5.54. The average Bonchev–Trinajstić information content (AvgIpc) is 3.09. The Balaban J connectivity index is 1.75. The second kappa shape index (κ2) is 7.99. The van der Waals surface area contributed by atoms with Gasteiger partial charge in [0, 0.05) is 31.3 Å². The molecule has 0 aliphatic carbocycles. The zero-order chi connectivity index (χ0) is 21.3. The number of carbonyl (C=O) groups excluding carboxylic acids is 2. The summed E-state index contributed by atoms with van der Waals surface area (Å²) in [6, 6.07) is 10.5. The Morgan fingerprint density at radius 3 is 2.59 bits per heavy atom. The van der Waals surface area contributed by atoms with E-state index < -0.39 is 15.1 Å². The van der Waals surface area contributed by atoms with Crippen LogP contribution in [0, 0.1) is 13.8 Å². The van der Waals surface area contributed by atoms with Crippen LogP contribution < -0.4 is 10.2 Å². The lowest BCUT2D eigenvalue weighted by molar-refractivity contribution is -0.117. The molecular weight excluding hydrogens is 388 g/mol. The Morgan fingerprint density at radius 2 is 1.90 bits per heavy atom. The highest BCUT2D eigenvalue weighted by Crippen LogP contribution is 2.31. The highest BCUT2D eigenvalue weighted by Gasteiger charge is 2.29. The zero-order valence-electron chi connectivity index (χ0n) is 17.2. The van der Waals surface area contributed by atoms with Crippen molar-refractivity contribution in [3.8, 4) is 0 Å². The Kier molecular flexibility index (Phi) is 5.80. The van der Waals surface area contributed by atoms with Crippen molar-refractivity contribution < 1.29 is 18.0 Å². The number of sulfone groups is 1. The maximum Gasteiger partial charge on any atom is 0.225 e. The van der Waals surface area contributed by atoms with Gasteiger partial charge in [-0.15, -0.1) is 0 Å². The third kappa shape index (κ3) is 4.19.